The number of rotatable bonds is 7. The van der Waals surface area contributed by atoms with Crippen LogP contribution in [0.3, 0.4) is 0 Å². The van der Waals surface area contributed by atoms with Gasteiger partial charge in [0, 0.05) is 69.7 Å². The Morgan fingerprint density at radius 3 is 2.50 bits per heavy atom. The number of likely N-dealkylation sites (N-methyl/N-ethyl adjacent to an activating group) is 1. The maximum absolute atomic E-state index is 12.3. The third-order valence-corrected chi connectivity index (χ3v) is 8.68. The van der Waals surface area contributed by atoms with Crippen LogP contribution in [0.1, 0.15) is 19.9 Å². The number of fused-ring (bicyclic) bond motifs is 2. The zero-order valence-corrected chi connectivity index (χ0v) is 23.9. The molecule has 11 heteroatoms. The van der Waals surface area contributed by atoms with E-state index in [0.717, 1.165) is 43.0 Å². The molecule has 0 aliphatic carbocycles. The van der Waals surface area contributed by atoms with Crippen molar-refractivity contribution in [2.24, 2.45) is 5.92 Å². The molecule has 3 aliphatic rings. The van der Waals surface area contributed by atoms with Crippen LogP contribution >= 0.6 is 0 Å². The average Bonchev–Trinajstić information content (AvgIpc) is 3.65. The van der Waals surface area contributed by atoms with Crippen LogP contribution in [0.25, 0.3) is 11.2 Å². The quantitative estimate of drug-likeness (QED) is 0.450. The Balaban J connectivity index is 1.28. The molecule has 0 unspecified atom stereocenters. The molecule has 2 aromatic heterocycles. The summed E-state index contributed by atoms with van der Waals surface area (Å²) in [5, 5.41) is 3.53. The molecule has 0 spiro atoms. The van der Waals surface area contributed by atoms with E-state index in [-0.39, 0.29) is 17.9 Å². The molecule has 1 amide bonds. The van der Waals surface area contributed by atoms with Gasteiger partial charge in [-0.05, 0) is 51.2 Å². The summed E-state index contributed by atoms with van der Waals surface area (Å²) in [4.78, 5) is 35.8. The molecule has 1 N–H and O–H groups in total. The van der Waals surface area contributed by atoms with Crippen molar-refractivity contribution in [1.29, 1.82) is 0 Å². The highest BCUT2D eigenvalue weighted by molar-refractivity contribution is 5.88. The van der Waals surface area contributed by atoms with Gasteiger partial charge in [0.25, 0.3) is 0 Å². The van der Waals surface area contributed by atoms with Gasteiger partial charge >= 0.3 is 0 Å². The first-order chi connectivity index (χ1) is 19.3. The van der Waals surface area contributed by atoms with Crippen LogP contribution in [0.5, 0.6) is 0 Å². The van der Waals surface area contributed by atoms with Gasteiger partial charge in [-0.3, -0.25) is 4.79 Å². The number of imidazole rings is 1. The lowest BCUT2D eigenvalue weighted by molar-refractivity contribution is -0.126. The maximum Gasteiger partial charge on any atom is 0.246 e. The molecule has 0 radical (unpaired) electrons. The summed E-state index contributed by atoms with van der Waals surface area (Å²) in [6, 6.07) is 8.74. The summed E-state index contributed by atoms with van der Waals surface area (Å²) < 4.78 is 8.14. The molecule has 3 fully saturated rings. The summed E-state index contributed by atoms with van der Waals surface area (Å²) >= 11 is 0. The molecule has 0 saturated carbocycles. The van der Waals surface area contributed by atoms with E-state index in [1.807, 2.05) is 11.2 Å². The SMILES string of the molecule is C=CC(=O)N1C[C@@H]2CN(c3nc(Nc4ccc(N5CCN(C)CC5)cc4)c4ncn(C(C)C)c4n3)C[C@]2(OC)C1. The molecule has 212 valence electrons. The Labute approximate surface area is 235 Å². The highest BCUT2D eigenvalue weighted by Gasteiger charge is 2.54. The second kappa shape index (κ2) is 10.4. The van der Waals surface area contributed by atoms with E-state index in [0.29, 0.717) is 37.9 Å². The van der Waals surface area contributed by atoms with Gasteiger partial charge < -0.3 is 34.2 Å². The first kappa shape index (κ1) is 26.5. The summed E-state index contributed by atoms with van der Waals surface area (Å²) in [5.74, 6) is 1.42. The van der Waals surface area contributed by atoms with Gasteiger partial charge in [0.15, 0.2) is 17.0 Å². The molecule has 40 heavy (non-hydrogen) atoms. The van der Waals surface area contributed by atoms with Crippen LogP contribution in [0, 0.1) is 5.92 Å². The number of methoxy groups -OCH3 is 1. The van der Waals surface area contributed by atoms with Gasteiger partial charge in [0.2, 0.25) is 11.9 Å². The second-order valence-electron chi connectivity index (χ2n) is 11.5. The number of hydrogen-bond acceptors (Lipinski definition) is 9. The molecule has 6 rings (SSSR count). The molecule has 2 atom stereocenters. The van der Waals surface area contributed by atoms with Crippen molar-refractivity contribution in [3.63, 3.8) is 0 Å². The van der Waals surface area contributed by atoms with Crippen LogP contribution < -0.4 is 15.1 Å². The summed E-state index contributed by atoms with van der Waals surface area (Å²) in [7, 11) is 3.90. The molecule has 1 aromatic carbocycles. The number of nitrogens with zero attached hydrogens (tertiary/aromatic N) is 8. The van der Waals surface area contributed by atoms with Crippen molar-refractivity contribution in [3.8, 4) is 0 Å². The minimum absolute atomic E-state index is 0.0546. The van der Waals surface area contributed by atoms with E-state index < -0.39 is 5.60 Å². The van der Waals surface area contributed by atoms with Gasteiger partial charge in [-0.2, -0.15) is 9.97 Å². The summed E-state index contributed by atoms with van der Waals surface area (Å²) in [5.41, 5.74) is 3.26. The zero-order chi connectivity index (χ0) is 28.0. The van der Waals surface area contributed by atoms with E-state index in [4.69, 9.17) is 19.7 Å². The van der Waals surface area contributed by atoms with Crippen molar-refractivity contribution in [2.45, 2.75) is 25.5 Å². The first-order valence-electron chi connectivity index (χ1n) is 14.1. The minimum Gasteiger partial charge on any atom is -0.374 e. The fourth-order valence-corrected chi connectivity index (χ4v) is 6.22. The lowest BCUT2D eigenvalue weighted by Gasteiger charge is -2.34. The maximum atomic E-state index is 12.3. The third kappa shape index (κ3) is 4.66. The van der Waals surface area contributed by atoms with Gasteiger partial charge in [-0.1, -0.05) is 6.58 Å². The van der Waals surface area contributed by atoms with Crippen molar-refractivity contribution >= 4 is 40.2 Å². The van der Waals surface area contributed by atoms with Crippen LogP contribution in [0.15, 0.2) is 43.2 Å². The Morgan fingerprint density at radius 1 is 1.10 bits per heavy atom. The summed E-state index contributed by atoms with van der Waals surface area (Å²) in [6.07, 6.45) is 3.21. The molecular weight excluding hydrogens is 506 g/mol. The zero-order valence-electron chi connectivity index (χ0n) is 23.9. The van der Waals surface area contributed by atoms with Crippen molar-refractivity contribution in [1.82, 2.24) is 29.3 Å². The van der Waals surface area contributed by atoms with Crippen LogP contribution in [-0.2, 0) is 9.53 Å². The molecular formula is C29H39N9O2. The smallest absolute Gasteiger partial charge is 0.246 e. The Bertz CT molecular complexity index is 1400. The third-order valence-electron chi connectivity index (χ3n) is 8.68. The van der Waals surface area contributed by atoms with Crippen molar-refractivity contribution in [3.05, 3.63) is 43.2 Å². The van der Waals surface area contributed by atoms with Gasteiger partial charge in [-0.15, -0.1) is 0 Å². The Hall–Kier alpha value is -3.70. The highest BCUT2D eigenvalue weighted by Crippen LogP contribution is 2.40. The normalized spacial score (nSPS) is 23.3. The number of carbonyl (C=O) groups is 1. The Morgan fingerprint density at radius 2 is 1.85 bits per heavy atom. The van der Waals surface area contributed by atoms with E-state index >= 15 is 0 Å². The van der Waals surface area contributed by atoms with Crippen LogP contribution in [-0.4, -0.2) is 107 Å². The number of likely N-dealkylation sites (tertiary alicyclic amines) is 1. The monoisotopic (exact) mass is 545 g/mol. The van der Waals surface area contributed by atoms with E-state index in [9.17, 15) is 4.79 Å². The number of amides is 1. The number of anilines is 4. The largest absolute Gasteiger partial charge is 0.374 e. The average molecular weight is 546 g/mol. The molecule has 5 heterocycles. The summed E-state index contributed by atoms with van der Waals surface area (Å²) in [6.45, 7) is 14.6. The number of aromatic nitrogens is 4. The van der Waals surface area contributed by atoms with Crippen molar-refractivity contribution in [2.75, 3.05) is 81.6 Å². The predicted molar refractivity (Wildman–Crippen MR) is 157 cm³/mol. The number of piperazine rings is 1. The number of carbonyl (C=O) groups excluding carboxylic acids is 1. The second-order valence-corrected chi connectivity index (χ2v) is 11.5. The standard InChI is InChI=1S/C29H39N9O2/c1-6-24(39)36-15-21-16-37(18-29(21,17-36)40-5)28-32-26(25-27(33-28)38(19-30-25)20(2)3)31-22-7-9-23(10-8-22)35-13-11-34(4)12-14-35/h6-10,19-21H,1,11-18H2,2-5H3,(H,31,32,33)/t21-,29-/m1/s1. The fraction of sp³-hybridized carbons (Fsp3) is 0.517. The lowest BCUT2D eigenvalue weighted by atomic mass is 9.95. The Kier molecular flexibility index (Phi) is 6.87. The van der Waals surface area contributed by atoms with Crippen LogP contribution in [0.2, 0.25) is 0 Å². The van der Waals surface area contributed by atoms with Gasteiger partial charge in [0.05, 0.1) is 19.4 Å². The van der Waals surface area contributed by atoms with Gasteiger partial charge in [-0.25, -0.2) is 4.98 Å². The fourth-order valence-electron chi connectivity index (χ4n) is 6.22. The number of benzene rings is 1. The van der Waals surface area contributed by atoms with E-state index in [1.165, 1.54) is 11.8 Å². The number of hydrogen-bond donors (Lipinski definition) is 1. The molecule has 3 aliphatic heterocycles. The highest BCUT2D eigenvalue weighted by atomic mass is 16.5. The number of ether oxygens (including phenoxy) is 1. The van der Waals surface area contributed by atoms with Crippen LogP contribution in [0.4, 0.5) is 23.1 Å². The van der Waals surface area contributed by atoms with E-state index in [1.54, 1.807) is 7.11 Å². The minimum atomic E-state index is -0.456. The lowest BCUT2D eigenvalue weighted by Crippen LogP contribution is -2.44. The molecule has 11 nitrogen and oxygen atoms in total. The molecule has 3 aromatic rings. The molecule has 0 bridgehead atoms. The molecule has 3 saturated heterocycles. The predicted octanol–water partition coefficient (Wildman–Crippen LogP) is 2.75. The first-order valence-corrected chi connectivity index (χ1v) is 14.1. The van der Waals surface area contributed by atoms with Crippen molar-refractivity contribution < 1.29 is 9.53 Å². The van der Waals surface area contributed by atoms with Gasteiger partial charge in [0.1, 0.15) is 5.60 Å². The van der Waals surface area contributed by atoms with E-state index in [2.05, 4.69) is 76.3 Å². The number of nitrogens with one attached hydrogen (secondary N) is 1. The topological polar surface area (TPSA) is 94.9 Å².